The summed E-state index contributed by atoms with van der Waals surface area (Å²) in [5.41, 5.74) is 1.75. The minimum absolute atomic E-state index is 0.0540. The van der Waals surface area contributed by atoms with Crippen LogP contribution in [0.1, 0.15) is 5.69 Å². The molecule has 0 radical (unpaired) electrons. The van der Waals surface area contributed by atoms with Crippen LogP contribution < -0.4 is 9.64 Å². The number of hydrogen-bond donors (Lipinski definition) is 1. The van der Waals surface area contributed by atoms with E-state index in [0.29, 0.717) is 0 Å². The summed E-state index contributed by atoms with van der Waals surface area (Å²) >= 11 is 1.55. The molecule has 0 fully saturated rings. The minimum Gasteiger partial charge on any atom is -0.497 e. The van der Waals surface area contributed by atoms with Crippen LogP contribution in [0.4, 0.5) is 11.5 Å². The van der Waals surface area contributed by atoms with E-state index in [1.165, 1.54) is 0 Å². The Kier molecular flexibility index (Phi) is 3.33. The molecule has 1 N–H and O–H groups in total. The topological polar surface area (TPSA) is 50.0 Å². The molecule has 5 nitrogen and oxygen atoms in total. The van der Waals surface area contributed by atoms with Gasteiger partial charge in [0.1, 0.15) is 5.75 Å². The minimum atomic E-state index is -0.0540. The lowest BCUT2D eigenvalue weighted by molar-refractivity contribution is 0.276. The average molecular weight is 289 g/mol. The number of aliphatic hydroxyl groups excluding tert-OH is 1. The Balaban J connectivity index is 2.06. The van der Waals surface area contributed by atoms with E-state index < -0.39 is 0 Å². The van der Waals surface area contributed by atoms with Crippen molar-refractivity contribution in [2.75, 3.05) is 19.1 Å². The highest BCUT2D eigenvalue weighted by Gasteiger charge is 2.17. The average Bonchev–Trinajstić information content (AvgIpc) is 3.06. The summed E-state index contributed by atoms with van der Waals surface area (Å²) in [6, 6.07) is 7.75. The lowest BCUT2D eigenvalue weighted by atomic mass is 10.2. The van der Waals surface area contributed by atoms with E-state index >= 15 is 0 Å². The van der Waals surface area contributed by atoms with Gasteiger partial charge in [0.25, 0.3) is 0 Å². The number of thiazole rings is 1. The van der Waals surface area contributed by atoms with Gasteiger partial charge < -0.3 is 14.7 Å². The summed E-state index contributed by atoms with van der Waals surface area (Å²) in [7, 11) is 3.57. The van der Waals surface area contributed by atoms with Crippen LogP contribution in [0.15, 0.2) is 35.8 Å². The fraction of sp³-hybridized carbons (Fsp3) is 0.214. The highest BCUT2D eigenvalue weighted by Crippen LogP contribution is 2.30. The van der Waals surface area contributed by atoms with Gasteiger partial charge in [-0.2, -0.15) is 0 Å². The van der Waals surface area contributed by atoms with E-state index in [1.54, 1.807) is 18.4 Å². The Labute approximate surface area is 120 Å². The van der Waals surface area contributed by atoms with Gasteiger partial charge in [0.15, 0.2) is 10.8 Å². The van der Waals surface area contributed by atoms with Crippen LogP contribution in [0, 0.1) is 0 Å². The van der Waals surface area contributed by atoms with Crippen LogP contribution in [0.3, 0.4) is 0 Å². The number of rotatable bonds is 4. The van der Waals surface area contributed by atoms with Crippen molar-refractivity contribution in [3.8, 4) is 5.75 Å². The van der Waals surface area contributed by atoms with Gasteiger partial charge in [-0.1, -0.05) is 6.07 Å². The largest absolute Gasteiger partial charge is 0.497 e. The van der Waals surface area contributed by atoms with E-state index in [4.69, 9.17) is 4.74 Å². The zero-order chi connectivity index (χ0) is 14.1. The van der Waals surface area contributed by atoms with Gasteiger partial charge in [-0.15, -0.1) is 11.3 Å². The molecule has 0 aliphatic carbocycles. The third kappa shape index (κ3) is 2.03. The maximum absolute atomic E-state index is 9.61. The highest BCUT2D eigenvalue weighted by molar-refractivity contribution is 7.15. The zero-order valence-corrected chi connectivity index (χ0v) is 12.1. The summed E-state index contributed by atoms with van der Waals surface area (Å²) in [4.78, 5) is 7.41. The number of anilines is 2. The van der Waals surface area contributed by atoms with Gasteiger partial charge in [0.05, 0.1) is 19.4 Å². The molecule has 0 atom stereocenters. The molecule has 0 spiro atoms. The number of fused-ring (bicyclic) bond motifs is 1. The molecule has 20 heavy (non-hydrogen) atoms. The molecular weight excluding hydrogens is 274 g/mol. The van der Waals surface area contributed by atoms with Gasteiger partial charge in [-0.3, -0.25) is 4.40 Å². The van der Waals surface area contributed by atoms with E-state index in [-0.39, 0.29) is 6.61 Å². The first-order valence-electron chi connectivity index (χ1n) is 6.17. The number of nitrogens with zero attached hydrogens (tertiary/aromatic N) is 3. The number of hydrogen-bond acceptors (Lipinski definition) is 5. The lowest BCUT2D eigenvalue weighted by Crippen LogP contribution is -2.12. The molecule has 0 aliphatic heterocycles. The molecular formula is C14H15N3O2S. The van der Waals surface area contributed by atoms with Gasteiger partial charge in [-0.25, -0.2) is 4.98 Å². The van der Waals surface area contributed by atoms with Crippen molar-refractivity contribution >= 4 is 27.8 Å². The Morgan fingerprint density at radius 1 is 1.45 bits per heavy atom. The summed E-state index contributed by atoms with van der Waals surface area (Å²) in [6.07, 6.45) is 1.92. The fourth-order valence-corrected chi connectivity index (χ4v) is 2.91. The second-order valence-corrected chi connectivity index (χ2v) is 5.23. The number of ether oxygens (including phenoxy) is 1. The first-order chi connectivity index (χ1) is 9.74. The van der Waals surface area contributed by atoms with E-state index in [1.807, 2.05) is 52.2 Å². The zero-order valence-electron chi connectivity index (χ0n) is 11.3. The van der Waals surface area contributed by atoms with Crippen molar-refractivity contribution in [2.45, 2.75) is 6.61 Å². The van der Waals surface area contributed by atoms with Crippen LogP contribution in [0.2, 0.25) is 0 Å². The second kappa shape index (κ2) is 5.15. The molecule has 2 aromatic heterocycles. The van der Waals surface area contributed by atoms with Crippen molar-refractivity contribution in [1.82, 2.24) is 9.38 Å². The van der Waals surface area contributed by atoms with Crippen LogP contribution >= 0.6 is 11.3 Å². The summed E-state index contributed by atoms with van der Waals surface area (Å²) < 4.78 is 7.16. The smallest absolute Gasteiger partial charge is 0.195 e. The van der Waals surface area contributed by atoms with Crippen LogP contribution in [-0.2, 0) is 6.61 Å². The molecule has 6 heteroatoms. The van der Waals surface area contributed by atoms with E-state index in [9.17, 15) is 5.11 Å². The van der Waals surface area contributed by atoms with Gasteiger partial charge in [0.2, 0.25) is 0 Å². The van der Waals surface area contributed by atoms with Crippen molar-refractivity contribution < 1.29 is 9.84 Å². The predicted octanol–water partition coefficient (Wildman–Crippen LogP) is 2.66. The fourth-order valence-electron chi connectivity index (χ4n) is 2.18. The monoisotopic (exact) mass is 289 g/mol. The Hall–Kier alpha value is -2.05. The number of benzene rings is 1. The summed E-state index contributed by atoms with van der Waals surface area (Å²) in [5.74, 6) is 1.55. The van der Waals surface area contributed by atoms with Crippen LogP contribution in [0.25, 0.3) is 4.96 Å². The molecule has 104 valence electrons. The predicted molar refractivity (Wildman–Crippen MR) is 80.0 cm³/mol. The Morgan fingerprint density at radius 3 is 3.05 bits per heavy atom. The quantitative estimate of drug-likeness (QED) is 0.802. The molecule has 0 saturated carbocycles. The van der Waals surface area contributed by atoms with Gasteiger partial charge in [-0.05, 0) is 12.1 Å². The highest BCUT2D eigenvalue weighted by atomic mass is 32.1. The van der Waals surface area contributed by atoms with Crippen molar-refractivity contribution in [1.29, 1.82) is 0 Å². The van der Waals surface area contributed by atoms with Gasteiger partial charge >= 0.3 is 0 Å². The van der Waals surface area contributed by atoms with Crippen LogP contribution in [0.5, 0.6) is 5.75 Å². The summed E-state index contributed by atoms with van der Waals surface area (Å²) in [5, 5.41) is 11.6. The molecule has 2 heterocycles. The Bertz CT molecular complexity index is 735. The third-order valence-electron chi connectivity index (χ3n) is 3.25. The molecule has 0 bridgehead atoms. The van der Waals surface area contributed by atoms with Crippen molar-refractivity contribution in [3.63, 3.8) is 0 Å². The van der Waals surface area contributed by atoms with E-state index in [2.05, 4.69) is 4.98 Å². The molecule has 3 rings (SSSR count). The number of aromatic nitrogens is 2. The number of methoxy groups -OCH3 is 1. The van der Waals surface area contributed by atoms with Crippen LogP contribution in [-0.4, -0.2) is 28.6 Å². The molecule has 0 aliphatic rings. The van der Waals surface area contributed by atoms with E-state index in [0.717, 1.165) is 27.9 Å². The summed E-state index contributed by atoms with van der Waals surface area (Å²) in [6.45, 7) is -0.0540. The molecule has 0 saturated heterocycles. The van der Waals surface area contributed by atoms with Crippen molar-refractivity contribution in [2.24, 2.45) is 0 Å². The number of aliphatic hydroxyl groups is 1. The third-order valence-corrected chi connectivity index (χ3v) is 4.00. The Morgan fingerprint density at radius 2 is 2.30 bits per heavy atom. The normalized spacial score (nSPS) is 10.9. The van der Waals surface area contributed by atoms with Gasteiger partial charge in [0, 0.05) is 30.4 Å². The SMILES string of the molecule is COc1cccc(N(C)c2nc3sccn3c2CO)c1. The first kappa shape index (κ1) is 13.0. The lowest BCUT2D eigenvalue weighted by Gasteiger charge is -2.18. The standard InChI is InChI=1S/C14H15N3O2S/c1-16(10-4-3-5-11(8-10)19-2)13-12(9-18)17-6-7-20-14(17)15-13/h3-8,18H,9H2,1-2H3. The van der Waals surface area contributed by atoms with Crippen molar-refractivity contribution in [3.05, 3.63) is 41.5 Å². The number of imidazole rings is 1. The maximum Gasteiger partial charge on any atom is 0.195 e. The second-order valence-electron chi connectivity index (χ2n) is 4.36. The first-order valence-corrected chi connectivity index (χ1v) is 7.05. The molecule has 3 aromatic rings. The molecule has 0 unspecified atom stereocenters. The molecule has 0 amide bonds. The molecule has 1 aromatic carbocycles. The maximum atomic E-state index is 9.61.